The van der Waals surface area contributed by atoms with Crippen LogP contribution in [0.1, 0.15) is 29.8 Å². The van der Waals surface area contributed by atoms with Crippen LogP contribution in [-0.4, -0.2) is 16.0 Å². The fourth-order valence-electron chi connectivity index (χ4n) is 1.94. The van der Waals surface area contributed by atoms with Gasteiger partial charge in [0.05, 0.1) is 0 Å². The molecule has 0 spiro atoms. The first-order valence-corrected chi connectivity index (χ1v) is 7.36. The lowest BCUT2D eigenvalue weighted by Crippen LogP contribution is -2.15. The predicted molar refractivity (Wildman–Crippen MR) is 78.8 cm³/mol. The quantitative estimate of drug-likeness (QED) is 0.921. The van der Waals surface area contributed by atoms with Crippen LogP contribution >= 0.6 is 15.9 Å². The molecule has 98 valence electrons. The fraction of sp³-hybridized carbons (Fsp3) is 0.333. The van der Waals surface area contributed by atoms with Crippen molar-refractivity contribution in [2.75, 3.05) is 0 Å². The Morgan fingerprint density at radius 2 is 1.95 bits per heavy atom. The van der Waals surface area contributed by atoms with Gasteiger partial charge in [-0.25, -0.2) is 9.97 Å². The molecule has 1 saturated carbocycles. The maximum Gasteiger partial charge on any atom is 0.132 e. The second kappa shape index (κ2) is 5.80. The van der Waals surface area contributed by atoms with Gasteiger partial charge in [0.25, 0.3) is 0 Å². The highest BCUT2D eigenvalue weighted by Gasteiger charge is 2.19. The van der Waals surface area contributed by atoms with E-state index in [0.717, 1.165) is 34.9 Å². The van der Waals surface area contributed by atoms with Gasteiger partial charge in [-0.2, -0.15) is 0 Å². The van der Waals surface area contributed by atoms with E-state index in [2.05, 4.69) is 43.3 Å². The van der Waals surface area contributed by atoms with Crippen molar-refractivity contribution in [1.29, 1.82) is 0 Å². The molecular formula is C15H16BrN3. The molecular weight excluding hydrogens is 302 g/mol. The molecule has 19 heavy (non-hydrogen) atoms. The second-order valence-corrected chi connectivity index (χ2v) is 5.89. The number of hydrogen-bond donors (Lipinski definition) is 1. The number of hydrogen-bond acceptors (Lipinski definition) is 3. The zero-order chi connectivity index (χ0) is 13.1. The normalized spacial score (nSPS) is 14.6. The van der Waals surface area contributed by atoms with E-state index in [-0.39, 0.29) is 0 Å². The Hall–Kier alpha value is -1.26. The molecule has 0 saturated heterocycles. The van der Waals surface area contributed by atoms with Gasteiger partial charge in [0, 0.05) is 41.4 Å². The van der Waals surface area contributed by atoms with Crippen LogP contribution in [0.25, 0.3) is 0 Å². The van der Waals surface area contributed by atoms with E-state index in [0.29, 0.717) is 0 Å². The monoisotopic (exact) mass is 317 g/mol. The third-order valence-corrected chi connectivity index (χ3v) is 3.68. The molecule has 1 aromatic carbocycles. The average molecular weight is 318 g/mol. The van der Waals surface area contributed by atoms with Crippen molar-refractivity contribution in [3.8, 4) is 0 Å². The molecule has 1 N–H and O–H groups in total. The Balaban J connectivity index is 1.61. The summed E-state index contributed by atoms with van der Waals surface area (Å²) in [7, 11) is 0. The molecule has 3 rings (SSSR count). The maximum atomic E-state index is 4.44. The summed E-state index contributed by atoms with van der Waals surface area (Å²) in [5.41, 5.74) is 2.38. The topological polar surface area (TPSA) is 37.8 Å². The van der Waals surface area contributed by atoms with Gasteiger partial charge < -0.3 is 5.32 Å². The van der Waals surface area contributed by atoms with Crippen LogP contribution in [0.4, 0.5) is 0 Å². The molecule has 1 fully saturated rings. The van der Waals surface area contributed by atoms with Gasteiger partial charge in [0.2, 0.25) is 0 Å². The Bertz CT molecular complexity index is 550. The first kappa shape index (κ1) is 12.8. The smallest absolute Gasteiger partial charge is 0.132 e. The van der Waals surface area contributed by atoms with Crippen LogP contribution in [0.15, 0.2) is 41.1 Å². The average Bonchev–Trinajstić information content (AvgIpc) is 3.22. The van der Waals surface area contributed by atoms with Crippen molar-refractivity contribution in [3.63, 3.8) is 0 Å². The van der Waals surface area contributed by atoms with Crippen molar-refractivity contribution in [2.24, 2.45) is 0 Å². The molecule has 1 aromatic heterocycles. The number of rotatable bonds is 5. The maximum absolute atomic E-state index is 4.44. The summed E-state index contributed by atoms with van der Waals surface area (Å²) < 4.78 is 1.09. The van der Waals surface area contributed by atoms with Gasteiger partial charge in [-0.05, 0) is 30.5 Å². The molecule has 3 nitrogen and oxygen atoms in total. The number of aromatic nitrogens is 2. The van der Waals surface area contributed by atoms with Crippen LogP contribution in [0.3, 0.4) is 0 Å². The molecule has 1 aliphatic carbocycles. The Labute approximate surface area is 121 Å². The Morgan fingerprint density at radius 3 is 2.63 bits per heavy atom. The number of halogens is 1. The van der Waals surface area contributed by atoms with E-state index in [1.54, 1.807) is 0 Å². The summed E-state index contributed by atoms with van der Waals surface area (Å²) in [5.74, 6) is 0.869. The summed E-state index contributed by atoms with van der Waals surface area (Å²) in [6, 6.07) is 8.98. The molecule has 0 amide bonds. The van der Waals surface area contributed by atoms with Crippen molar-refractivity contribution in [3.05, 3.63) is 58.1 Å². The number of benzene rings is 1. The summed E-state index contributed by atoms with van der Waals surface area (Å²) >= 11 is 3.48. The van der Waals surface area contributed by atoms with Crippen molar-refractivity contribution < 1.29 is 0 Å². The lowest BCUT2D eigenvalue weighted by molar-refractivity contribution is 0.681. The van der Waals surface area contributed by atoms with Crippen LogP contribution in [0.2, 0.25) is 0 Å². The van der Waals surface area contributed by atoms with Gasteiger partial charge in [-0.3, -0.25) is 0 Å². The van der Waals surface area contributed by atoms with E-state index in [4.69, 9.17) is 0 Å². The van der Waals surface area contributed by atoms with Gasteiger partial charge in [-0.15, -0.1) is 0 Å². The third kappa shape index (κ3) is 3.85. The minimum atomic E-state index is 0.723. The summed E-state index contributed by atoms with van der Waals surface area (Å²) in [5, 5.41) is 3.46. The van der Waals surface area contributed by atoms with Crippen molar-refractivity contribution >= 4 is 15.9 Å². The lowest BCUT2D eigenvalue weighted by atomic mass is 10.1. The highest BCUT2D eigenvalue weighted by molar-refractivity contribution is 9.10. The molecule has 0 atom stereocenters. The second-order valence-electron chi connectivity index (χ2n) is 4.97. The van der Waals surface area contributed by atoms with E-state index in [1.807, 2.05) is 24.5 Å². The molecule has 0 radical (unpaired) electrons. The third-order valence-electron chi connectivity index (χ3n) is 3.18. The van der Waals surface area contributed by atoms with Crippen LogP contribution in [-0.2, 0) is 13.0 Å². The Morgan fingerprint density at radius 1 is 1.16 bits per heavy atom. The van der Waals surface area contributed by atoms with Crippen LogP contribution in [0.5, 0.6) is 0 Å². The highest BCUT2D eigenvalue weighted by Crippen LogP contribution is 2.19. The zero-order valence-electron chi connectivity index (χ0n) is 10.6. The molecule has 2 aromatic rings. The van der Waals surface area contributed by atoms with Crippen molar-refractivity contribution in [2.45, 2.75) is 31.8 Å². The first-order chi connectivity index (χ1) is 9.29. The standard InChI is InChI=1S/C15H16BrN3/c16-13-3-1-2-11(6-13)7-15-18-9-12(10-19-15)8-17-14-4-5-14/h1-3,6,9-10,14,17H,4-5,7-8H2. The number of nitrogens with one attached hydrogen (secondary N) is 1. The molecule has 1 heterocycles. The van der Waals surface area contributed by atoms with Gasteiger partial charge >= 0.3 is 0 Å². The lowest BCUT2D eigenvalue weighted by Gasteiger charge is -2.04. The minimum absolute atomic E-state index is 0.723. The van der Waals surface area contributed by atoms with Crippen molar-refractivity contribution in [1.82, 2.24) is 15.3 Å². The van der Waals surface area contributed by atoms with Gasteiger partial charge in [0.15, 0.2) is 0 Å². The first-order valence-electron chi connectivity index (χ1n) is 6.57. The van der Waals surface area contributed by atoms with E-state index in [9.17, 15) is 0 Å². The van der Waals surface area contributed by atoms with Crippen LogP contribution < -0.4 is 5.32 Å². The molecule has 0 aliphatic heterocycles. The minimum Gasteiger partial charge on any atom is -0.310 e. The molecule has 0 unspecified atom stereocenters. The SMILES string of the molecule is Brc1cccc(Cc2ncc(CNC3CC3)cn2)c1. The Kier molecular flexibility index (Phi) is 3.89. The number of nitrogens with zero attached hydrogens (tertiary/aromatic N) is 2. The van der Waals surface area contributed by atoms with Gasteiger partial charge in [-0.1, -0.05) is 28.1 Å². The predicted octanol–water partition coefficient (Wildman–Crippen LogP) is 3.08. The summed E-state index contributed by atoms with van der Waals surface area (Å²) in [6.45, 7) is 0.877. The summed E-state index contributed by atoms with van der Waals surface area (Å²) in [6.07, 6.45) is 7.24. The van der Waals surface area contributed by atoms with E-state index in [1.165, 1.54) is 18.4 Å². The largest absolute Gasteiger partial charge is 0.310 e. The highest BCUT2D eigenvalue weighted by atomic mass is 79.9. The fourth-order valence-corrected chi connectivity index (χ4v) is 2.39. The molecule has 0 bridgehead atoms. The van der Waals surface area contributed by atoms with Gasteiger partial charge in [0.1, 0.15) is 5.82 Å². The molecule has 1 aliphatic rings. The van der Waals surface area contributed by atoms with E-state index >= 15 is 0 Å². The van der Waals surface area contributed by atoms with Crippen LogP contribution in [0, 0.1) is 0 Å². The summed E-state index contributed by atoms with van der Waals surface area (Å²) in [4.78, 5) is 8.87. The zero-order valence-corrected chi connectivity index (χ0v) is 12.2. The van der Waals surface area contributed by atoms with E-state index < -0.39 is 0 Å². The molecule has 4 heteroatoms.